The molecule has 2 aromatic rings. The molecule has 1 unspecified atom stereocenters. The average molecular weight is 558 g/mol. The van der Waals surface area contributed by atoms with Crippen LogP contribution in [0.15, 0.2) is 36.4 Å². The lowest BCUT2D eigenvalue weighted by atomic mass is 9.86. The smallest absolute Gasteiger partial charge is 0.253 e. The summed E-state index contributed by atoms with van der Waals surface area (Å²) in [5, 5.41) is 9.59. The first-order valence-corrected chi connectivity index (χ1v) is 15.8. The van der Waals surface area contributed by atoms with Crippen LogP contribution in [0.3, 0.4) is 0 Å². The van der Waals surface area contributed by atoms with Gasteiger partial charge in [0.1, 0.15) is 5.82 Å². The third-order valence-electron chi connectivity index (χ3n) is 10.1. The zero-order valence-electron chi connectivity index (χ0n) is 24.5. The number of piperidine rings is 1. The van der Waals surface area contributed by atoms with Crippen LogP contribution in [-0.4, -0.2) is 97.0 Å². The lowest BCUT2D eigenvalue weighted by Crippen LogP contribution is -2.65. The van der Waals surface area contributed by atoms with Gasteiger partial charge in [-0.2, -0.15) is 5.26 Å². The van der Waals surface area contributed by atoms with Gasteiger partial charge in [0.25, 0.3) is 5.91 Å². The molecule has 3 heterocycles. The molecule has 2 aromatic carbocycles. The predicted octanol–water partition coefficient (Wildman–Crippen LogP) is 4.68. The van der Waals surface area contributed by atoms with Gasteiger partial charge in [0, 0.05) is 69.9 Å². The number of amides is 1. The summed E-state index contributed by atoms with van der Waals surface area (Å²) in [6.07, 6.45) is 9.01. The molecule has 3 fully saturated rings. The van der Waals surface area contributed by atoms with Gasteiger partial charge in [0.15, 0.2) is 0 Å². The molecule has 6 nitrogen and oxygen atoms in total. The molecule has 0 bridgehead atoms. The number of aryl methyl sites for hydroxylation is 1. The monoisotopic (exact) mass is 557 g/mol. The summed E-state index contributed by atoms with van der Waals surface area (Å²) in [6, 6.07) is 14.2. The molecular formula is C34H44FN5O. The maximum absolute atomic E-state index is 13.8. The first kappa shape index (κ1) is 28.3. The van der Waals surface area contributed by atoms with Crippen LogP contribution in [0.5, 0.6) is 0 Å². The second-order valence-electron chi connectivity index (χ2n) is 12.8. The summed E-state index contributed by atoms with van der Waals surface area (Å²) in [6.45, 7) is 8.69. The Labute approximate surface area is 244 Å². The zero-order chi connectivity index (χ0) is 28.3. The summed E-state index contributed by atoms with van der Waals surface area (Å²) in [5.41, 5.74) is 4.59. The van der Waals surface area contributed by atoms with Crippen molar-refractivity contribution in [3.8, 4) is 6.07 Å². The lowest BCUT2D eigenvalue weighted by molar-refractivity contribution is -0.0262. The van der Waals surface area contributed by atoms with Crippen LogP contribution in [0, 0.1) is 17.1 Å². The topological polar surface area (TPSA) is 53.8 Å². The Morgan fingerprint density at radius 3 is 2.59 bits per heavy atom. The van der Waals surface area contributed by atoms with E-state index in [4.69, 9.17) is 0 Å². The number of carbonyl (C=O) groups excluding carboxylic acids is 1. The van der Waals surface area contributed by atoms with Crippen molar-refractivity contribution < 1.29 is 9.18 Å². The molecule has 0 radical (unpaired) electrons. The number of nitrogens with zero attached hydrogens (tertiary/aromatic N) is 5. The highest BCUT2D eigenvalue weighted by molar-refractivity contribution is 5.96. The molecule has 0 N–H and O–H groups in total. The Balaban J connectivity index is 1.09. The summed E-state index contributed by atoms with van der Waals surface area (Å²) in [4.78, 5) is 23.6. The third kappa shape index (κ3) is 6.35. The van der Waals surface area contributed by atoms with Gasteiger partial charge < -0.3 is 9.80 Å². The van der Waals surface area contributed by atoms with Crippen LogP contribution in [-0.2, 0) is 12.8 Å². The molecule has 1 aliphatic carbocycles. The van der Waals surface area contributed by atoms with E-state index in [1.165, 1.54) is 57.6 Å². The van der Waals surface area contributed by atoms with Crippen LogP contribution in [0.25, 0.3) is 0 Å². The van der Waals surface area contributed by atoms with Crippen LogP contribution < -0.4 is 0 Å². The van der Waals surface area contributed by atoms with E-state index in [0.717, 1.165) is 74.5 Å². The molecule has 4 aliphatic rings. The number of likely N-dealkylation sites (N-methyl/N-ethyl adjacent to an activating group) is 1. The minimum atomic E-state index is -0.236. The van der Waals surface area contributed by atoms with Gasteiger partial charge in [-0.1, -0.05) is 18.6 Å². The molecule has 3 saturated heterocycles. The highest BCUT2D eigenvalue weighted by atomic mass is 19.1. The third-order valence-corrected chi connectivity index (χ3v) is 10.1. The van der Waals surface area contributed by atoms with E-state index in [1.54, 1.807) is 6.07 Å². The molecule has 7 heteroatoms. The maximum atomic E-state index is 13.8. The van der Waals surface area contributed by atoms with Crippen LogP contribution >= 0.6 is 0 Å². The van der Waals surface area contributed by atoms with Crippen molar-refractivity contribution in [1.82, 2.24) is 19.6 Å². The average Bonchev–Trinajstić information content (AvgIpc) is 2.99. The number of halogens is 1. The van der Waals surface area contributed by atoms with Gasteiger partial charge in [-0.15, -0.1) is 0 Å². The van der Waals surface area contributed by atoms with E-state index in [0.29, 0.717) is 23.7 Å². The Morgan fingerprint density at radius 1 is 1.00 bits per heavy atom. The molecule has 0 saturated carbocycles. The van der Waals surface area contributed by atoms with Gasteiger partial charge in [0.2, 0.25) is 0 Å². The van der Waals surface area contributed by atoms with Crippen LogP contribution in [0.2, 0.25) is 0 Å². The molecular weight excluding hydrogens is 513 g/mol. The number of benzene rings is 2. The first-order valence-electron chi connectivity index (χ1n) is 15.8. The first-order chi connectivity index (χ1) is 20.0. The summed E-state index contributed by atoms with van der Waals surface area (Å²) in [7, 11) is 1.87. The number of likely N-dealkylation sites (tertiary alicyclic amines) is 1. The Kier molecular flexibility index (Phi) is 8.71. The summed E-state index contributed by atoms with van der Waals surface area (Å²) in [5.74, 6) is -0.136. The van der Waals surface area contributed by atoms with E-state index < -0.39 is 0 Å². The van der Waals surface area contributed by atoms with Gasteiger partial charge in [-0.05, 0) is 99.0 Å². The van der Waals surface area contributed by atoms with Crippen molar-refractivity contribution in [3.05, 3.63) is 70.0 Å². The van der Waals surface area contributed by atoms with Crippen LogP contribution in [0.1, 0.15) is 77.1 Å². The Bertz CT molecular complexity index is 1270. The zero-order valence-corrected chi connectivity index (χ0v) is 24.5. The highest BCUT2D eigenvalue weighted by Gasteiger charge is 2.37. The van der Waals surface area contributed by atoms with Crippen molar-refractivity contribution in [1.29, 1.82) is 5.26 Å². The maximum Gasteiger partial charge on any atom is 0.253 e. The van der Waals surface area contributed by atoms with Gasteiger partial charge in [-0.25, -0.2) is 4.39 Å². The van der Waals surface area contributed by atoms with Gasteiger partial charge in [0.05, 0.1) is 11.6 Å². The molecule has 0 aromatic heterocycles. The van der Waals surface area contributed by atoms with E-state index in [-0.39, 0.29) is 17.6 Å². The fourth-order valence-corrected chi connectivity index (χ4v) is 7.65. The van der Waals surface area contributed by atoms with Crippen molar-refractivity contribution in [2.75, 3.05) is 59.4 Å². The highest BCUT2D eigenvalue weighted by Crippen LogP contribution is 2.30. The van der Waals surface area contributed by atoms with Crippen molar-refractivity contribution >= 4 is 5.91 Å². The molecule has 6 rings (SSSR count). The Hall–Kier alpha value is -2.79. The fourth-order valence-electron chi connectivity index (χ4n) is 7.65. The molecule has 2 atom stereocenters. The largest absolute Gasteiger partial charge is 0.341 e. The van der Waals surface area contributed by atoms with Gasteiger partial charge in [-0.3, -0.25) is 14.6 Å². The molecule has 0 spiro atoms. The number of nitriles is 1. The number of piperazine rings is 1. The minimum Gasteiger partial charge on any atom is -0.341 e. The van der Waals surface area contributed by atoms with E-state index in [1.807, 2.05) is 30.1 Å². The van der Waals surface area contributed by atoms with Crippen molar-refractivity contribution in [3.63, 3.8) is 0 Å². The van der Waals surface area contributed by atoms with Crippen molar-refractivity contribution in [2.24, 2.45) is 0 Å². The second kappa shape index (κ2) is 12.6. The minimum absolute atomic E-state index is 0.0155. The second-order valence-corrected chi connectivity index (χ2v) is 12.8. The molecule has 1 amide bonds. The predicted molar refractivity (Wildman–Crippen MR) is 160 cm³/mol. The number of hydrogen-bond donors (Lipinski definition) is 0. The van der Waals surface area contributed by atoms with Crippen molar-refractivity contribution in [2.45, 2.75) is 69.4 Å². The SMILES string of the molecule is CN(C[C@@H](CCN1CC(N2CCN3CCCCC3C2)C1)c1ccc(F)cc1)C(=O)c1cc(C#N)cc2c1CCCC2. The normalized spacial score (nSPS) is 22.7. The van der Waals surface area contributed by atoms with E-state index in [2.05, 4.69) is 20.8 Å². The number of carbonyl (C=O) groups is 1. The molecule has 41 heavy (non-hydrogen) atoms. The van der Waals surface area contributed by atoms with E-state index in [9.17, 15) is 14.4 Å². The lowest BCUT2D eigenvalue weighted by Gasteiger charge is -2.51. The Morgan fingerprint density at radius 2 is 1.78 bits per heavy atom. The summed E-state index contributed by atoms with van der Waals surface area (Å²) >= 11 is 0. The molecule has 218 valence electrons. The summed E-state index contributed by atoms with van der Waals surface area (Å²) < 4.78 is 13.8. The quantitative estimate of drug-likeness (QED) is 0.472. The number of fused-ring (bicyclic) bond motifs is 2. The van der Waals surface area contributed by atoms with E-state index >= 15 is 0 Å². The van der Waals surface area contributed by atoms with Crippen LogP contribution in [0.4, 0.5) is 4.39 Å². The standard InChI is InChI=1S/C34H44FN5O/c1-37(34(41)33-19-25(20-36)18-27-6-2-3-8-32(27)33)21-28(26-9-11-29(35)12-10-26)13-15-38-22-31(23-38)40-17-16-39-14-5-4-7-30(39)24-40/h9-12,18-19,28,30-31H,2-8,13-17,21-24H2,1H3/t28-,30?/m1/s1. The fraction of sp³-hybridized carbons (Fsp3) is 0.588. The van der Waals surface area contributed by atoms with Gasteiger partial charge >= 0.3 is 0 Å². The number of rotatable bonds is 8. The number of hydrogen-bond acceptors (Lipinski definition) is 5. The molecule has 3 aliphatic heterocycles.